The second-order valence-electron chi connectivity index (χ2n) is 6.71. The van der Waals surface area contributed by atoms with Crippen molar-refractivity contribution < 1.29 is 14.6 Å². The fourth-order valence-electron chi connectivity index (χ4n) is 3.97. The van der Waals surface area contributed by atoms with Gasteiger partial charge in [0.15, 0.2) is 0 Å². The van der Waals surface area contributed by atoms with Crippen LogP contribution in [0.3, 0.4) is 0 Å². The number of carbonyl (C=O) groups excluding carboxylic acids is 1. The highest BCUT2D eigenvalue weighted by Crippen LogP contribution is 2.48. The number of ether oxygens (including phenoxy) is 1. The molecule has 0 aliphatic heterocycles. The molecule has 3 rings (SSSR count). The fourth-order valence-corrected chi connectivity index (χ4v) is 3.97. The maximum atomic E-state index is 12.5. The second kappa shape index (κ2) is 6.24. The van der Waals surface area contributed by atoms with Crippen molar-refractivity contribution >= 4 is 5.91 Å². The summed E-state index contributed by atoms with van der Waals surface area (Å²) in [6.07, 6.45) is 3.48. The number of carbonyl (C=O) groups is 1. The van der Waals surface area contributed by atoms with E-state index in [9.17, 15) is 9.90 Å². The fraction of sp³-hybridized carbons (Fsp3) is 0.647. The Morgan fingerprint density at radius 2 is 2.18 bits per heavy atom. The molecule has 1 heterocycles. The van der Waals surface area contributed by atoms with E-state index in [0.29, 0.717) is 23.4 Å². The van der Waals surface area contributed by atoms with E-state index in [1.807, 2.05) is 13.8 Å². The lowest BCUT2D eigenvalue weighted by molar-refractivity contribution is 0.0855. The number of amides is 1. The van der Waals surface area contributed by atoms with Gasteiger partial charge in [-0.2, -0.15) is 0 Å². The Hall–Kier alpha value is -1.62. The Morgan fingerprint density at radius 1 is 1.41 bits per heavy atom. The third-order valence-electron chi connectivity index (χ3n) is 4.91. The first kappa shape index (κ1) is 15.3. The zero-order chi connectivity index (χ0) is 15.7. The van der Waals surface area contributed by atoms with Crippen LogP contribution in [-0.4, -0.2) is 34.8 Å². The van der Waals surface area contributed by atoms with Gasteiger partial charge in [-0.1, -0.05) is 6.07 Å². The molecular formula is C17H24N2O3. The molecule has 2 aliphatic rings. The smallest absolute Gasteiger partial charge is 0.270 e. The monoisotopic (exact) mass is 304 g/mol. The largest absolute Gasteiger partial charge is 0.475 e. The summed E-state index contributed by atoms with van der Waals surface area (Å²) in [6, 6.07) is 5.31. The molecule has 2 bridgehead atoms. The SMILES string of the molecule is CC(C)Oc1cccc(C(=O)NC2C3CCC(C3)C2CO)n1. The van der Waals surface area contributed by atoms with Crippen molar-refractivity contribution in [2.45, 2.75) is 45.3 Å². The van der Waals surface area contributed by atoms with Gasteiger partial charge in [0.1, 0.15) is 5.69 Å². The molecule has 4 atom stereocenters. The quantitative estimate of drug-likeness (QED) is 0.873. The zero-order valence-corrected chi connectivity index (χ0v) is 13.2. The molecule has 5 nitrogen and oxygen atoms in total. The number of aliphatic hydroxyl groups excluding tert-OH is 1. The van der Waals surface area contributed by atoms with Gasteiger partial charge in [0.25, 0.3) is 5.91 Å². The van der Waals surface area contributed by atoms with Crippen molar-refractivity contribution in [2.24, 2.45) is 17.8 Å². The van der Waals surface area contributed by atoms with Crippen molar-refractivity contribution in [3.63, 3.8) is 0 Å². The molecule has 1 amide bonds. The molecular weight excluding hydrogens is 280 g/mol. The Labute approximate surface area is 131 Å². The molecule has 2 saturated carbocycles. The lowest BCUT2D eigenvalue weighted by Gasteiger charge is -2.30. The van der Waals surface area contributed by atoms with Gasteiger partial charge < -0.3 is 15.2 Å². The summed E-state index contributed by atoms with van der Waals surface area (Å²) >= 11 is 0. The van der Waals surface area contributed by atoms with E-state index in [1.165, 1.54) is 6.42 Å². The number of hydrogen-bond donors (Lipinski definition) is 2. The second-order valence-corrected chi connectivity index (χ2v) is 6.71. The number of aliphatic hydroxyl groups is 1. The number of hydrogen-bond acceptors (Lipinski definition) is 4. The summed E-state index contributed by atoms with van der Waals surface area (Å²) in [4.78, 5) is 16.7. The Bertz CT molecular complexity index is 546. The van der Waals surface area contributed by atoms with Gasteiger partial charge >= 0.3 is 0 Å². The molecule has 1 aromatic rings. The van der Waals surface area contributed by atoms with E-state index >= 15 is 0 Å². The van der Waals surface area contributed by atoms with Gasteiger partial charge in [-0.3, -0.25) is 4.79 Å². The van der Waals surface area contributed by atoms with Crippen molar-refractivity contribution in [3.05, 3.63) is 23.9 Å². The van der Waals surface area contributed by atoms with Gasteiger partial charge in [0, 0.05) is 24.6 Å². The number of aromatic nitrogens is 1. The Kier molecular flexibility index (Phi) is 4.34. The van der Waals surface area contributed by atoms with E-state index in [-0.39, 0.29) is 30.6 Å². The molecule has 2 aliphatic carbocycles. The molecule has 0 radical (unpaired) electrons. The lowest BCUT2D eigenvalue weighted by atomic mass is 9.85. The molecule has 22 heavy (non-hydrogen) atoms. The third kappa shape index (κ3) is 2.95. The van der Waals surface area contributed by atoms with E-state index in [2.05, 4.69) is 10.3 Å². The van der Waals surface area contributed by atoms with Crippen LogP contribution in [-0.2, 0) is 0 Å². The maximum Gasteiger partial charge on any atom is 0.270 e. The lowest BCUT2D eigenvalue weighted by Crippen LogP contribution is -2.45. The predicted octanol–water partition coefficient (Wildman–Crippen LogP) is 2.01. The minimum absolute atomic E-state index is 0.0233. The van der Waals surface area contributed by atoms with Crippen molar-refractivity contribution in [2.75, 3.05) is 6.61 Å². The molecule has 2 fully saturated rings. The highest BCUT2D eigenvalue weighted by molar-refractivity contribution is 5.92. The minimum Gasteiger partial charge on any atom is -0.475 e. The first-order chi connectivity index (χ1) is 10.6. The Balaban J connectivity index is 1.69. The van der Waals surface area contributed by atoms with Gasteiger partial charge in [-0.25, -0.2) is 4.98 Å². The first-order valence-electron chi connectivity index (χ1n) is 8.14. The first-order valence-corrected chi connectivity index (χ1v) is 8.14. The van der Waals surface area contributed by atoms with Crippen LogP contribution in [0.1, 0.15) is 43.6 Å². The van der Waals surface area contributed by atoms with E-state index in [0.717, 1.165) is 12.8 Å². The average Bonchev–Trinajstić information content (AvgIpc) is 3.07. The molecule has 0 spiro atoms. The number of rotatable bonds is 5. The van der Waals surface area contributed by atoms with Crippen LogP contribution in [0.2, 0.25) is 0 Å². The summed E-state index contributed by atoms with van der Waals surface area (Å²) < 4.78 is 5.54. The van der Waals surface area contributed by atoms with Crippen LogP contribution in [0.4, 0.5) is 0 Å². The summed E-state index contributed by atoms with van der Waals surface area (Å²) in [5.41, 5.74) is 0.373. The summed E-state index contributed by atoms with van der Waals surface area (Å²) in [5.74, 6) is 1.54. The molecule has 0 saturated heterocycles. The molecule has 5 heteroatoms. The molecule has 120 valence electrons. The van der Waals surface area contributed by atoms with Gasteiger partial charge in [-0.15, -0.1) is 0 Å². The van der Waals surface area contributed by atoms with Crippen LogP contribution in [0.5, 0.6) is 5.88 Å². The van der Waals surface area contributed by atoms with Crippen molar-refractivity contribution in [1.29, 1.82) is 0 Å². The van der Waals surface area contributed by atoms with Gasteiger partial charge in [0.05, 0.1) is 6.10 Å². The van der Waals surface area contributed by atoms with Crippen molar-refractivity contribution in [1.82, 2.24) is 10.3 Å². The summed E-state index contributed by atoms with van der Waals surface area (Å²) in [5, 5.41) is 12.7. The third-order valence-corrected chi connectivity index (χ3v) is 4.91. The van der Waals surface area contributed by atoms with E-state index in [1.54, 1.807) is 18.2 Å². The normalized spacial score (nSPS) is 29.8. The van der Waals surface area contributed by atoms with Crippen LogP contribution >= 0.6 is 0 Å². The Morgan fingerprint density at radius 3 is 2.91 bits per heavy atom. The topological polar surface area (TPSA) is 71.5 Å². The van der Waals surface area contributed by atoms with Gasteiger partial charge in [-0.05, 0) is 51.0 Å². The number of nitrogens with one attached hydrogen (secondary N) is 1. The highest BCUT2D eigenvalue weighted by atomic mass is 16.5. The molecule has 1 aromatic heterocycles. The highest BCUT2D eigenvalue weighted by Gasteiger charge is 2.47. The van der Waals surface area contributed by atoms with Crippen LogP contribution in [0, 0.1) is 17.8 Å². The zero-order valence-electron chi connectivity index (χ0n) is 13.2. The summed E-state index contributed by atoms with van der Waals surface area (Å²) in [6.45, 7) is 4.00. The number of pyridine rings is 1. The molecule has 0 aromatic carbocycles. The predicted molar refractivity (Wildman–Crippen MR) is 82.7 cm³/mol. The number of nitrogens with zero attached hydrogens (tertiary/aromatic N) is 1. The minimum atomic E-state index is -0.176. The summed E-state index contributed by atoms with van der Waals surface area (Å²) in [7, 11) is 0. The van der Waals surface area contributed by atoms with Crippen LogP contribution < -0.4 is 10.1 Å². The van der Waals surface area contributed by atoms with Gasteiger partial charge in [0.2, 0.25) is 5.88 Å². The van der Waals surface area contributed by atoms with E-state index < -0.39 is 0 Å². The average molecular weight is 304 g/mol. The number of fused-ring (bicyclic) bond motifs is 2. The maximum absolute atomic E-state index is 12.5. The standard InChI is InChI=1S/C17H24N2O3/c1-10(2)22-15-5-3-4-14(18-15)17(21)19-16-12-7-6-11(8-12)13(16)9-20/h3-5,10-13,16,20H,6-9H2,1-2H3,(H,19,21). The van der Waals surface area contributed by atoms with Crippen molar-refractivity contribution in [3.8, 4) is 5.88 Å². The van der Waals surface area contributed by atoms with Crippen LogP contribution in [0.25, 0.3) is 0 Å². The van der Waals surface area contributed by atoms with Crippen LogP contribution in [0.15, 0.2) is 18.2 Å². The molecule has 4 unspecified atom stereocenters. The van der Waals surface area contributed by atoms with E-state index in [4.69, 9.17) is 4.74 Å². The molecule has 2 N–H and O–H groups in total.